The van der Waals surface area contributed by atoms with Crippen molar-refractivity contribution in [3.05, 3.63) is 35.9 Å². The summed E-state index contributed by atoms with van der Waals surface area (Å²) in [5.74, 6) is -2.54. The molecule has 1 aromatic rings. The molecule has 10 nitrogen and oxygen atoms in total. The van der Waals surface area contributed by atoms with Gasteiger partial charge < -0.3 is 31.9 Å². The van der Waals surface area contributed by atoms with Crippen LogP contribution in [-0.2, 0) is 25.6 Å². The van der Waals surface area contributed by atoms with Crippen LogP contribution in [0.3, 0.4) is 0 Å². The summed E-state index contributed by atoms with van der Waals surface area (Å²) >= 11 is 1.45. The van der Waals surface area contributed by atoms with Gasteiger partial charge in [0.15, 0.2) is 0 Å². The Morgan fingerprint density at radius 2 is 1.54 bits per heavy atom. The smallest absolute Gasteiger partial charge is 0.326 e. The highest BCUT2D eigenvalue weighted by Crippen LogP contribution is 2.08. The third-order valence-electron chi connectivity index (χ3n) is 5.27. The molecule has 0 bridgehead atoms. The molecule has 7 N–H and O–H groups in total. The number of hydrogen-bond donors (Lipinski definition) is 6. The first-order valence-electron chi connectivity index (χ1n) is 11.6. The number of amides is 3. The molecule has 3 amide bonds. The molecule has 0 saturated heterocycles. The van der Waals surface area contributed by atoms with Gasteiger partial charge in [-0.1, -0.05) is 44.2 Å². The number of rotatable bonds is 15. The fourth-order valence-corrected chi connectivity index (χ4v) is 3.84. The number of aliphatic hydroxyl groups excluding tert-OH is 1. The largest absolute Gasteiger partial charge is 0.480 e. The van der Waals surface area contributed by atoms with Crippen molar-refractivity contribution in [3.63, 3.8) is 0 Å². The predicted octanol–water partition coefficient (Wildman–Crippen LogP) is 0.275. The van der Waals surface area contributed by atoms with Crippen LogP contribution in [0.1, 0.15) is 39.2 Å². The lowest BCUT2D eigenvalue weighted by molar-refractivity contribution is -0.142. The maximum Gasteiger partial charge on any atom is 0.326 e. The Balaban J connectivity index is 3.06. The first-order valence-corrected chi connectivity index (χ1v) is 13.0. The number of hydrogen-bond acceptors (Lipinski definition) is 7. The molecule has 0 aliphatic carbocycles. The molecule has 35 heavy (non-hydrogen) atoms. The van der Waals surface area contributed by atoms with Crippen LogP contribution in [0.5, 0.6) is 0 Å². The molecule has 1 aromatic carbocycles. The summed E-state index contributed by atoms with van der Waals surface area (Å²) in [6, 6.07) is 4.44. The number of carbonyl (C=O) groups excluding carboxylic acids is 3. The lowest BCUT2D eigenvalue weighted by Gasteiger charge is -2.26. The van der Waals surface area contributed by atoms with E-state index in [0.29, 0.717) is 12.2 Å². The van der Waals surface area contributed by atoms with Crippen LogP contribution in [0.4, 0.5) is 0 Å². The van der Waals surface area contributed by atoms with Crippen LogP contribution < -0.4 is 21.7 Å². The zero-order chi connectivity index (χ0) is 26.5. The van der Waals surface area contributed by atoms with Crippen molar-refractivity contribution < 1.29 is 29.4 Å². The van der Waals surface area contributed by atoms with Crippen LogP contribution in [-0.4, -0.2) is 76.2 Å². The molecule has 0 aromatic heterocycles. The summed E-state index contributed by atoms with van der Waals surface area (Å²) in [7, 11) is 0. The average molecular weight is 511 g/mol. The van der Waals surface area contributed by atoms with Gasteiger partial charge in [-0.25, -0.2) is 4.79 Å². The van der Waals surface area contributed by atoms with Crippen LogP contribution in [0, 0.1) is 5.92 Å². The minimum atomic E-state index is -1.35. The average Bonchev–Trinajstić information content (AvgIpc) is 2.79. The summed E-state index contributed by atoms with van der Waals surface area (Å²) in [6.07, 6.45) is 1.26. The normalized spacial score (nSPS) is 15.4. The molecule has 11 heteroatoms. The van der Waals surface area contributed by atoms with Gasteiger partial charge in [-0.2, -0.15) is 11.8 Å². The zero-order valence-corrected chi connectivity index (χ0v) is 21.5. The van der Waals surface area contributed by atoms with Crippen molar-refractivity contribution in [3.8, 4) is 0 Å². The highest BCUT2D eigenvalue weighted by molar-refractivity contribution is 7.98. The lowest BCUT2D eigenvalue weighted by atomic mass is 10.0. The second-order valence-electron chi connectivity index (χ2n) is 8.89. The van der Waals surface area contributed by atoms with Crippen molar-refractivity contribution in [1.82, 2.24) is 16.0 Å². The van der Waals surface area contributed by atoms with Gasteiger partial charge >= 0.3 is 5.97 Å². The fraction of sp³-hybridized carbons (Fsp3) is 0.583. The second-order valence-corrected chi connectivity index (χ2v) is 9.88. The van der Waals surface area contributed by atoms with Crippen molar-refractivity contribution in [2.45, 2.75) is 70.3 Å². The lowest BCUT2D eigenvalue weighted by Crippen LogP contribution is -2.60. The van der Waals surface area contributed by atoms with Gasteiger partial charge in [-0.15, -0.1) is 0 Å². The van der Waals surface area contributed by atoms with E-state index in [1.54, 1.807) is 30.3 Å². The SMILES string of the molecule is CSCCC(NC(=O)C(Cc1ccccc1)NC(=O)C(NC(=O)C(N)CC(C)C)C(C)O)C(=O)O. The van der Waals surface area contributed by atoms with E-state index >= 15 is 0 Å². The molecule has 0 aliphatic heterocycles. The summed E-state index contributed by atoms with van der Waals surface area (Å²) < 4.78 is 0. The minimum Gasteiger partial charge on any atom is -0.480 e. The molecule has 1 rings (SSSR count). The van der Waals surface area contributed by atoms with Gasteiger partial charge in [0.1, 0.15) is 18.1 Å². The number of nitrogens with two attached hydrogens (primary N) is 1. The van der Waals surface area contributed by atoms with Crippen LogP contribution in [0.2, 0.25) is 0 Å². The summed E-state index contributed by atoms with van der Waals surface area (Å²) in [6.45, 7) is 5.15. The Bertz CT molecular complexity index is 837. The topological polar surface area (TPSA) is 171 Å². The van der Waals surface area contributed by atoms with E-state index in [1.807, 2.05) is 20.1 Å². The van der Waals surface area contributed by atoms with E-state index in [-0.39, 0.29) is 18.8 Å². The molecule has 196 valence electrons. The molecule has 0 heterocycles. The Morgan fingerprint density at radius 1 is 0.943 bits per heavy atom. The van der Waals surface area contributed by atoms with Crippen LogP contribution in [0.25, 0.3) is 0 Å². The standard InChI is InChI=1S/C24H38N4O6S/c1-14(2)12-17(25)21(30)28-20(15(3)29)23(32)27-19(13-16-8-6-5-7-9-16)22(31)26-18(24(33)34)10-11-35-4/h5-9,14-15,17-20,29H,10-13,25H2,1-4H3,(H,26,31)(H,27,32)(H,28,30)(H,33,34). The third-order valence-corrected chi connectivity index (χ3v) is 5.91. The highest BCUT2D eigenvalue weighted by Gasteiger charge is 2.32. The van der Waals surface area contributed by atoms with Gasteiger partial charge in [0.05, 0.1) is 12.1 Å². The maximum absolute atomic E-state index is 13.0. The molecular formula is C24H38N4O6S. The van der Waals surface area contributed by atoms with Crippen molar-refractivity contribution in [2.75, 3.05) is 12.0 Å². The number of carboxylic acids is 1. The molecule has 5 unspecified atom stereocenters. The zero-order valence-electron chi connectivity index (χ0n) is 20.7. The number of aliphatic hydroxyl groups is 1. The molecule has 0 aliphatic rings. The Morgan fingerprint density at radius 3 is 2.06 bits per heavy atom. The van der Waals surface area contributed by atoms with Gasteiger partial charge in [0.2, 0.25) is 17.7 Å². The maximum atomic E-state index is 13.0. The molecule has 0 saturated carbocycles. The van der Waals surface area contributed by atoms with E-state index in [2.05, 4.69) is 16.0 Å². The number of thioether (sulfide) groups is 1. The first kappa shape index (κ1) is 30.4. The number of nitrogens with one attached hydrogen (secondary N) is 3. The van der Waals surface area contributed by atoms with Crippen LogP contribution >= 0.6 is 11.8 Å². The van der Waals surface area contributed by atoms with Gasteiger partial charge in [0, 0.05) is 6.42 Å². The molecular weight excluding hydrogens is 472 g/mol. The Labute approximate surface area is 210 Å². The Hall–Kier alpha value is -2.63. The van der Waals surface area contributed by atoms with E-state index in [4.69, 9.17) is 5.73 Å². The van der Waals surface area contributed by atoms with Gasteiger partial charge in [-0.05, 0) is 43.3 Å². The third kappa shape index (κ3) is 11.1. The monoisotopic (exact) mass is 510 g/mol. The Kier molecular flexibility index (Phi) is 13.4. The van der Waals surface area contributed by atoms with Crippen LogP contribution in [0.15, 0.2) is 30.3 Å². The summed E-state index contributed by atoms with van der Waals surface area (Å²) in [4.78, 5) is 50.1. The predicted molar refractivity (Wildman–Crippen MR) is 136 cm³/mol. The van der Waals surface area contributed by atoms with E-state index in [0.717, 1.165) is 5.56 Å². The van der Waals surface area contributed by atoms with E-state index < -0.39 is 54.0 Å². The minimum absolute atomic E-state index is 0.0839. The summed E-state index contributed by atoms with van der Waals surface area (Å²) in [5.41, 5.74) is 6.63. The van der Waals surface area contributed by atoms with Crippen molar-refractivity contribution >= 4 is 35.5 Å². The van der Waals surface area contributed by atoms with Gasteiger partial charge in [-0.3, -0.25) is 14.4 Å². The number of carboxylic acid groups (broad SMARTS) is 1. The number of benzene rings is 1. The summed E-state index contributed by atoms with van der Waals surface area (Å²) in [5, 5.41) is 27.1. The highest BCUT2D eigenvalue weighted by atomic mass is 32.2. The van der Waals surface area contributed by atoms with Crippen molar-refractivity contribution in [1.29, 1.82) is 0 Å². The second kappa shape index (κ2) is 15.4. The van der Waals surface area contributed by atoms with Gasteiger partial charge in [0.25, 0.3) is 0 Å². The number of aliphatic carboxylic acids is 1. The molecule has 0 spiro atoms. The molecule has 5 atom stereocenters. The number of carbonyl (C=O) groups is 4. The van der Waals surface area contributed by atoms with Crippen molar-refractivity contribution in [2.24, 2.45) is 11.7 Å². The fourth-order valence-electron chi connectivity index (χ4n) is 3.37. The van der Waals surface area contributed by atoms with E-state index in [9.17, 15) is 29.4 Å². The molecule has 0 radical (unpaired) electrons. The van der Waals surface area contributed by atoms with E-state index in [1.165, 1.54) is 18.7 Å². The quantitative estimate of drug-likeness (QED) is 0.195. The first-order chi connectivity index (χ1) is 16.5. The molecule has 0 fully saturated rings.